The van der Waals surface area contributed by atoms with E-state index in [0.717, 1.165) is 50.6 Å². The number of nitrogens with one attached hydrogen (secondary N) is 1. The van der Waals surface area contributed by atoms with Crippen molar-refractivity contribution in [2.24, 2.45) is 0 Å². The highest BCUT2D eigenvalue weighted by Gasteiger charge is 2.22. The van der Waals surface area contributed by atoms with Gasteiger partial charge in [0.1, 0.15) is 0 Å². The second-order valence-corrected chi connectivity index (χ2v) is 6.77. The lowest BCUT2D eigenvalue weighted by molar-refractivity contribution is -0.151. The maximum Gasteiger partial charge on any atom is 0.247 e. The number of benzene rings is 1. The molecule has 1 aliphatic heterocycles. The van der Waals surface area contributed by atoms with Gasteiger partial charge in [0, 0.05) is 17.8 Å². The van der Waals surface area contributed by atoms with E-state index in [4.69, 9.17) is 4.42 Å². The Morgan fingerprint density at radius 3 is 3.08 bits per heavy atom. The summed E-state index contributed by atoms with van der Waals surface area (Å²) in [6.45, 7) is 3.29. The summed E-state index contributed by atoms with van der Waals surface area (Å²) in [5, 5.41) is 22.0. The molecule has 1 atom stereocenters. The topological polar surface area (TPSA) is 91.5 Å². The van der Waals surface area contributed by atoms with Gasteiger partial charge in [0.05, 0.1) is 12.5 Å². The number of rotatable bonds is 9. The Labute approximate surface area is 153 Å². The van der Waals surface area contributed by atoms with Gasteiger partial charge in [-0.15, -0.1) is 10.2 Å². The summed E-state index contributed by atoms with van der Waals surface area (Å²) in [6.07, 6.45) is 6.51. The Bertz CT molecular complexity index is 731. The Morgan fingerprint density at radius 2 is 2.27 bits per heavy atom. The summed E-state index contributed by atoms with van der Waals surface area (Å²) in [7, 11) is 0. The zero-order chi connectivity index (χ0) is 18.4. The van der Waals surface area contributed by atoms with Crippen LogP contribution in [0.25, 0.3) is 11.5 Å². The van der Waals surface area contributed by atoms with Crippen LogP contribution in [0.1, 0.15) is 56.4 Å². The fourth-order valence-electron chi connectivity index (χ4n) is 3.33. The van der Waals surface area contributed by atoms with Crippen molar-refractivity contribution in [1.29, 1.82) is 0 Å². The van der Waals surface area contributed by atoms with Crippen LogP contribution in [0.2, 0.25) is 0 Å². The predicted molar refractivity (Wildman–Crippen MR) is 98.0 cm³/mol. The number of carbonyl (C=O) groups excluding carboxylic acids is 1. The number of hydroxylamine groups is 2. The number of unbranched alkanes of at least 4 members (excludes halogenated alkanes) is 2. The number of carbonyl (C=O) groups is 1. The van der Waals surface area contributed by atoms with Gasteiger partial charge < -0.3 is 9.73 Å². The third kappa shape index (κ3) is 4.40. The lowest BCUT2D eigenvalue weighted by Crippen LogP contribution is -2.24. The molecule has 7 heteroatoms. The van der Waals surface area contributed by atoms with Crippen molar-refractivity contribution in [1.82, 2.24) is 15.3 Å². The molecule has 0 aliphatic carbocycles. The van der Waals surface area contributed by atoms with E-state index >= 15 is 0 Å². The zero-order valence-corrected chi connectivity index (χ0v) is 15.1. The Hall–Kier alpha value is -2.41. The van der Waals surface area contributed by atoms with Gasteiger partial charge in [0.15, 0.2) is 0 Å². The summed E-state index contributed by atoms with van der Waals surface area (Å²) in [6, 6.07) is 6.12. The molecule has 0 bridgehead atoms. The molecule has 140 valence electrons. The lowest BCUT2D eigenvalue weighted by atomic mass is 10.0. The summed E-state index contributed by atoms with van der Waals surface area (Å²) in [5.41, 5.74) is 3.32. The standard InChI is InChI=1S/C19H26N4O3/c1-2-3-4-6-16(12-23(25)13-24)19-22-21-18(26-19)15-8-9-17-14(11-15)7-5-10-20-17/h8-9,11,13,16,20,25H,2-7,10,12H2,1H3. The quantitative estimate of drug-likeness (QED) is 0.308. The molecule has 1 amide bonds. The van der Waals surface area contributed by atoms with Crippen LogP contribution in [-0.2, 0) is 11.2 Å². The highest BCUT2D eigenvalue weighted by molar-refractivity contribution is 5.63. The van der Waals surface area contributed by atoms with E-state index in [1.165, 1.54) is 11.3 Å². The molecule has 7 nitrogen and oxygen atoms in total. The number of aromatic nitrogens is 2. The number of aryl methyl sites for hydroxylation is 1. The van der Waals surface area contributed by atoms with Gasteiger partial charge in [0.2, 0.25) is 18.2 Å². The molecule has 0 radical (unpaired) electrons. The maximum atomic E-state index is 10.8. The zero-order valence-electron chi connectivity index (χ0n) is 15.1. The third-order valence-electron chi connectivity index (χ3n) is 4.77. The van der Waals surface area contributed by atoms with Gasteiger partial charge in [-0.05, 0) is 43.0 Å². The second-order valence-electron chi connectivity index (χ2n) is 6.77. The largest absolute Gasteiger partial charge is 0.420 e. The smallest absolute Gasteiger partial charge is 0.247 e. The van der Waals surface area contributed by atoms with Crippen LogP contribution in [0.3, 0.4) is 0 Å². The minimum absolute atomic E-state index is 0.156. The molecule has 2 heterocycles. The molecule has 1 unspecified atom stereocenters. The van der Waals surface area contributed by atoms with Crippen LogP contribution in [0, 0.1) is 0 Å². The van der Waals surface area contributed by atoms with Gasteiger partial charge in [-0.1, -0.05) is 26.2 Å². The monoisotopic (exact) mass is 358 g/mol. The highest BCUT2D eigenvalue weighted by atomic mass is 16.5. The van der Waals surface area contributed by atoms with Crippen molar-refractivity contribution in [2.75, 3.05) is 18.4 Å². The Morgan fingerprint density at radius 1 is 1.38 bits per heavy atom. The van der Waals surface area contributed by atoms with Crippen molar-refractivity contribution in [2.45, 2.75) is 51.4 Å². The lowest BCUT2D eigenvalue weighted by Gasteiger charge is -2.18. The van der Waals surface area contributed by atoms with E-state index in [9.17, 15) is 10.0 Å². The first-order chi connectivity index (χ1) is 12.7. The third-order valence-corrected chi connectivity index (χ3v) is 4.77. The molecule has 3 rings (SSSR count). The van der Waals surface area contributed by atoms with Crippen molar-refractivity contribution in [3.63, 3.8) is 0 Å². The predicted octanol–water partition coefficient (Wildman–Crippen LogP) is 3.61. The van der Waals surface area contributed by atoms with E-state index in [-0.39, 0.29) is 12.5 Å². The molecular formula is C19H26N4O3. The first-order valence-corrected chi connectivity index (χ1v) is 9.32. The minimum atomic E-state index is -0.169. The molecule has 2 N–H and O–H groups in total. The molecule has 0 saturated carbocycles. The van der Waals surface area contributed by atoms with Crippen LogP contribution < -0.4 is 5.32 Å². The number of nitrogens with zero attached hydrogens (tertiary/aromatic N) is 3. The summed E-state index contributed by atoms with van der Waals surface area (Å²) in [5.74, 6) is 0.773. The Kier molecular flexibility index (Phi) is 6.22. The Balaban J connectivity index is 1.78. The number of hydrogen-bond donors (Lipinski definition) is 2. The number of hydrogen-bond acceptors (Lipinski definition) is 6. The molecule has 1 aliphatic rings. The van der Waals surface area contributed by atoms with Gasteiger partial charge in [-0.25, -0.2) is 5.06 Å². The average Bonchev–Trinajstić information content (AvgIpc) is 3.17. The SMILES string of the molecule is CCCCCC(CN(O)C=O)c1nnc(-c2ccc3c(c2)CCCN3)o1. The van der Waals surface area contributed by atoms with Crippen LogP contribution in [-0.4, -0.2) is 40.0 Å². The van der Waals surface area contributed by atoms with E-state index in [1.807, 2.05) is 12.1 Å². The first kappa shape index (κ1) is 18.4. The van der Waals surface area contributed by atoms with E-state index in [2.05, 4.69) is 28.5 Å². The summed E-state index contributed by atoms with van der Waals surface area (Å²) >= 11 is 0. The summed E-state index contributed by atoms with van der Waals surface area (Å²) < 4.78 is 5.90. The van der Waals surface area contributed by atoms with Crippen LogP contribution in [0.5, 0.6) is 0 Å². The second kappa shape index (κ2) is 8.80. The van der Waals surface area contributed by atoms with E-state index < -0.39 is 0 Å². The molecule has 0 fully saturated rings. The fourth-order valence-corrected chi connectivity index (χ4v) is 3.33. The van der Waals surface area contributed by atoms with Gasteiger partial charge in [0.25, 0.3) is 0 Å². The molecule has 1 aromatic carbocycles. The molecule has 2 aromatic rings. The highest BCUT2D eigenvalue weighted by Crippen LogP contribution is 2.30. The average molecular weight is 358 g/mol. The van der Waals surface area contributed by atoms with E-state index in [0.29, 0.717) is 23.3 Å². The molecule has 1 aromatic heterocycles. The molecule has 0 saturated heterocycles. The van der Waals surface area contributed by atoms with Crippen LogP contribution >= 0.6 is 0 Å². The number of anilines is 1. The van der Waals surface area contributed by atoms with Gasteiger partial charge >= 0.3 is 0 Å². The van der Waals surface area contributed by atoms with Crippen LogP contribution in [0.4, 0.5) is 5.69 Å². The molecular weight excluding hydrogens is 332 g/mol. The van der Waals surface area contributed by atoms with Gasteiger partial charge in [-0.2, -0.15) is 0 Å². The molecule has 0 spiro atoms. The van der Waals surface area contributed by atoms with Gasteiger partial charge in [-0.3, -0.25) is 10.0 Å². The summed E-state index contributed by atoms with van der Waals surface area (Å²) in [4.78, 5) is 10.8. The normalized spacial score (nSPS) is 14.4. The number of fused-ring (bicyclic) bond motifs is 1. The van der Waals surface area contributed by atoms with Crippen molar-refractivity contribution in [3.05, 3.63) is 29.7 Å². The van der Waals surface area contributed by atoms with Crippen LogP contribution in [0.15, 0.2) is 22.6 Å². The van der Waals surface area contributed by atoms with Crippen molar-refractivity contribution < 1.29 is 14.4 Å². The minimum Gasteiger partial charge on any atom is -0.420 e. The fraction of sp³-hybridized carbons (Fsp3) is 0.526. The maximum absolute atomic E-state index is 10.8. The van der Waals surface area contributed by atoms with E-state index in [1.54, 1.807) is 0 Å². The van der Waals surface area contributed by atoms with Crippen molar-refractivity contribution in [3.8, 4) is 11.5 Å². The van der Waals surface area contributed by atoms with Crippen molar-refractivity contribution >= 4 is 12.1 Å². The first-order valence-electron chi connectivity index (χ1n) is 9.32. The molecule has 26 heavy (non-hydrogen) atoms. The number of amides is 1.